The molecule has 0 atom stereocenters. The van der Waals surface area contributed by atoms with Crippen molar-refractivity contribution in [2.24, 2.45) is 4.99 Å². The number of rotatable bonds is 8. The quantitative estimate of drug-likeness (QED) is 0.371. The molecule has 0 radical (unpaired) electrons. The highest BCUT2D eigenvalue weighted by atomic mass is 32.1. The zero-order chi connectivity index (χ0) is 23.2. The molecule has 0 N–H and O–H groups in total. The van der Waals surface area contributed by atoms with Crippen molar-refractivity contribution in [2.45, 2.75) is 6.54 Å². The Morgan fingerprint density at radius 1 is 0.879 bits per heavy atom. The Morgan fingerprint density at radius 3 is 2.36 bits per heavy atom. The van der Waals surface area contributed by atoms with Crippen LogP contribution in [-0.4, -0.2) is 38.0 Å². The molecule has 0 bridgehead atoms. The maximum atomic E-state index is 5.66. The average molecular weight is 464 g/mol. The van der Waals surface area contributed by atoms with Gasteiger partial charge in [0.15, 0.2) is 16.3 Å². The van der Waals surface area contributed by atoms with E-state index in [-0.39, 0.29) is 0 Å². The number of hydrogen-bond donors (Lipinski definition) is 0. The minimum Gasteiger partial charge on any atom is -0.497 e. The molecule has 2 aromatic carbocycles. The second kappa shape index (κ2) is 10.2. The van der Waals surface area contributed by atoms with E-state index in [0.717, 1.165) is 38.8 Å². The fourth-order valence-corrected chi connectivity index (χ4v) is 4.41. The van der Waals surface area contributed by atoms with E-state index in [0.29, 0.717) is 18.0 Å². The van der Waals surface area contributed by atoms with Crippen LogP contribution in [0.15, 0.2) is 71.3 Å². The predicted molar refractivity (Wildman–Crippen MR) is 129 cm³/mol. The molecule has 170 valence electrons. The van der Waals surface area contributed by atoms with Gasteiger partial charge in [-0.25, -0.2) is 4.99 Å². The van der Waals surface area contributed by atoms with E-state index in [9.17, 15) is 0 Å². The summed E-state index contributed by atoms with van der Waals surface area (Å²) in [5, 5.41) is 2.08. The van der Waals surface area contributed by atoms with E-state index in [4.69, 9.17) is 23.9 Å². The predicted octanol–water partition coefficient (Wildman–Crippen LogP) is 4.93. The molecule has 2 aromatic heterocycles. The SMILES string of the molecule is COc1ccc(OC)c(-c2csc(=Nc3cccnc3)n2Cc2ccc(OC)c(OC)c2)c1. The van der Waals surface area contributed by atoms with Gasteiger partial charge in [-0.3, -0.25) is 4.98 Å². The molecule has 2 heterocycles. The topological polar surface area (TPSA) is 67.1 Å². The molecule has 0 aliphatic rings. The molecule has 8 heteroatoms. The molecule has 4 rings (SSSR count). The first-order valence-corrected chi connectivity index (χ1v) is 11.1. The molecule has 0 saturated carbocycles. The largest absolute Gasteiger partial charge is 0.497 e. The molecular formula is C25H25N3O4S. The molecular weight excluding hydrogens is 438 g/mol. The third kappa shape index (κ3) is 4.85. The van der Waals surface area contributed by atoms with Gasteiger partial charge in [0.1, 0.15) is 11.5 Å². The van der Waals surface area contributed by atoms with Gasteiger partial charge in [-0.1, -0.05) is 6.07 Å². The minimum absolute atomic E-state index is 0.568. The Labute approximate surface area is 196 Å². The summed E-state index contributed by atoms with van der Waals surface area (Å²) in [5.41, 5.74) is 3.71. The maximum Gasteiger partial charge on any atom is 0.190 e. The Kier molecular flexibility index (Phi) is 6.95. The summed E-state index contributed by atoms with van der Waals surface area (Å²) in [6, 6.07) is 15.5. The van der Waals surface area contributed by atoms with Gasteiger partial charge in [0, 0.05) is 17.1 Å². The van der Waals surface area contributed by atoms with Crippen molar-refractivity contribution in [3.05, 3.63) is 76.7 Å². The highest BCUT2D eigenvalue weighted by Gasteiger charge is 2.15. The Hall–Kier alpha value is -3.78. The molecule has 0 aliphatic carbocycles. The lowest BCUT2D eigenvalue weighted by Crippen LogP contribution is -2.17. The highest BCUT2D eigenvalue weighted by molar-refractivity contribution is 7.07. The van der Waals surface area contributed by atoms with Gasteiger partial charge in [0.05, 0.1) is 52.6 Å². The molecule has 0 aliphatic heterocycles. The summed E-state index contributed by atoms with van der Waals surface area (Å²) in [6.07, 6.45) is 3.48. The van der Waals surface area contributed by atoms with Crippen LogP contribution in [0.3, 0.4) is 0 Å². The van der Waals surface area contributed by atoms with Gasteiger partial charge < -0.3 is 23.5 Å². The molecule has 4 aromatic rings. The van der Waals surface area contributed by atoms with Crippen LogP contribution in [0, 0.1) is 0 Å². The van der Waals surface area contributed by atoms with Crippen LogP contribution in [0.25, 0.3) is 11.3 Å². The fraction of sp³-hybridized carbons (Fsp3) is 0.200. The summed E-state index contributed by atoms with van der Waals surface area (Å²) in [6.45, 7) is 0.568. The van der Waals surface area contributed by atoms with Gasteiger partial charge in [0.25, 0.3) is 0 Å². The van der Waals surface area contributed by atoms with Crippen LogP contribution in [-0.2, 0) is 6.54 Å². The van der Waals surface area contributed by atoms with Crippen LogP contribution < -0.4 is 23.7 Å². The van der Waals surface area contributed by atoms with Gasteiger partial charge in [-0.05, 0) is 48.0 Å². The van der Waals surface area contributed by atoms with Crippen molar-refractivity contribution in [1.29, 1.82) is 0 Å². The molecule has 0 amide bonds. The maximum absolute atomic E-state index is 5.66. The molecule has 7 nitrogen and oxygen atoms in total. The van der Waals surface area contributed by atoms with Crippen molar-refractivity contribution >= 4 is 17.0 Å². The van der Waals surface area contributed by atoms with Crippen LogP contribution in [0.5, 0.6) is 23.0 Å². The van der Waals surface area contributed by atoms with Crippen LogP contribution in [0.2, 0.25) is 0 Å². The molecule has 0 unspecified atom stereocenters. The molecule has 0 spiro atoms. The van der Waals surface area contributed by atoms with E-state index in [1.54, 1.807) is 52.2 Å². The Bertz CT molecular complexity index is 1300. The first-order chi connectivity index (χ1) is 16.2. The van der Waals surface area contributed by atoms with E-state index >= 15 is 0 Å². The minimum atomic E-state index is 0.568. The smallest absolute Gasteiger partial charge is 0.190 e. The first-order valence-electron chi connectivity index (χ1n) is 10.2. The van der Waals surface area contributed by atoms with Gasteiger partial charge in [-0.15, -0.1) is 11.3 Å². The normalized spacial score (nSPS) is 11.3. The zero-order valence-corrected chi connectivity index (χ0v) is 19.8. The lowest BCUT2D eigenvalue weighted by atomic mass is 10.1. The molecule has 0 fully saturated rings. The average Bonchev–Trinajstić information content (AvgIpc) is 3.25. The van der Waals surface area contributed by atoms with E-state index < -0.39 is 0 Å². The molecule has 33 heavy (non-hydrogen) atoms. The Balaban J connectivity index is 1.89. The van der Waals surface area contributed by atoms with Crippen LogP contribution >= 0.6 is 11.3 Å². The third-order valence-electron chi connectivity index (χ3n) is 5.14. The molecule has 0 saturated heterocycles. The van der Waals surface area contributed by atoms with Crippen molar-refractivity contribution in [3.63, 3.8) is 0 Å². The number of nitrogens with zero attached hydrogens (tertiary/aromatic N) is 3. The number of benzene rings is 2. The van der Waals surface area contributed by atoms with Crippen LogP contribution in [0.1, 0.15) is 5.56 Å². The lowest BCUT2D eigenvalue weighted by molar-refractivity contribution is 0.354. The monoisotopic (exact) mass is 463 g/mol. The van der Waals surface area contributed by atoms with Crippen molar-refractivity contribution in [2.75, 3.05) is 28.4 Å². The summed E-state index contributed by atoms with van der Waals surface area (Å²) < 4.78 is 24.2. The second-order valence-corrected chi connectivity index (χ2v) is 7.90. The first kappa shape index (κ1) is 22.4. The van der Waals surface area contributed by atoms with E-state index in [1.165, 1.54) is 0 Å². The number of thiazole rings is 1. The zero-order valence-electron chi connectivity index (χ0n) is 18.9. The summed E-state index contributed by atoms with van der Waals surface area (Å²) in [7, 11) is 6.58. The second-order valence-electron chi connectivity index (χ2n) is 7.07. The number of pyridine rings is 1. The number of aromatic nitrogens is 2. The summed E-state index contributed by atoms with van der Waals surface area (Å²) in [4.78, 5) is 9.87. The summed E-state index contributed by atoms with van der Waals surface area (Å²) >= 11 is 1.55. The standard InChI is InChI=1S/C25H25N3O4S/c1-29-19-8-10-22(30-2)20(13-19)21-16-33-25(27-18-6-5-11-26-14-18)28(21)15-17-7-9-23(31-3)24(12-17)32-4/h5-14,16H,15H2,1-4H3. The van der Waals surface area contributed by atoms with Crippen molar-refractivity contribution in [3.8, 4) is 34.3 Å². The van der Waals surface area contributed by atoms with Crippen LogP contribution in [0.4, 0.5) is 5.69 Å². The number of methoxy groups -OCH3 is 4. The summed E-state index contributed by atoms with van der Waals surface area (Å²) in [5.74, 6) is 2.87. The van der Waals surface area contributed by atoms with Gasteiger partial charge >= 0.3 is 0 Å². The van der Waals surface area contributed by atoms with Crippen molar-refractivity contribution < 1.29 is 18.9 Å². The number of ether oxygens (including phenoxy) is 4. The lowest BCUT2D eigenvalue weighted by Gasteiger charge is -2.15. The fourth-order valence-electron chi connectivity index (χ4n) is 3.49. The van der Waals surface area contributed by atoms with Gasteiger partial charge in [0.2, 0.25) is 0 Å². The Morgan fingerprint density at radius 2 is 1.67 bits per heavy atom. The number of hydrogen-bond acceptors (Lipinski definition) is 7. The van der Waals surface area contributed by atoms with Crippen molar-refractivity contribution in [1.82, 2.24) is 9.55 Å². The highest BCUT2D eigenvalue weighted by Crippen LogP contribution is 2.35. The van der Waals surface area contributed by atoms with E-state index in [2.05, 4.69) is 14.9 Å². The van der Waals surface area contributed by atoms with E-state index in [1.807, 2.05) is 48.5 Å². The van der Waals surface area contributed by atoms with Gasteiger partial charge in [-0.2, -0.15) is 0 Å². The third-order valence-corrected chi connectivity index (χ3v) is 6.00.